The summed E-state index contributed by atoms with van der Waals surface area (Å²) in [5.74, 6) is 1.23. The van der Waals surface area contributed by atoms with Gasteiger partial charge in [0.15, 0.2) is 23.0 Å². The predicted molar refractivity (Wildman–Crippen MR) is 106 cm³/mol. The van der Waals surface area contributed by atoms with E-state index in [2.05, 4.69) is 9.97 Å². The lowest BCUT2D eigenvalue weighted by Gasteiger charge is -2.08. The molecule has 0 unspecified atom stereocenters. The lowest BCUT2D eigenvalue weighted by atomic mass is 10.1. The molecular weight excluding hydrogens is 356 g/mol. The Balaban J connectivity index is 1.55. The van der Waals surface area contributed by atoms with Crippen LogP contribution in [0.1, 0.15) is 22.5 Å². The minimum atomic E-state index is 0.140. The van der Waals surface area contributed by atoms with Gasteiger partial charge in [0, 0.05) is 12.4 Å². The molecule has 2 aromatic carbocycles. The van der Waals surface area contributed by atoms with Crippen LogP contribution in [0.4, 0.5) is 0 Å². The van der Waals surface area contributed by atoms with E-state index in [9.17, 15) is 10.2 Å². The lowest BCUT2D eigenvalue weighted by Crippen LogP contribution is -2.00. The topological polar surface area (TPSA) is 84.7 Å². The van der Waals surface area contributed by atoms with E-state index < -0.39 is 0 Å². The maximum atomic E-state index is 9.66. The molecule has 0 saturated carbocycles. The van der Waals surface area contributed by atoms with E-state index >= 15 is 0 Å². The average Bonchev–Trinajstić information content (AvgIpc) is 2.73. The Morgan fingerprint density at radius 1 is 0.679 bits per heavy atom. The molecule has 0 aliphatic rings. The van der Waals surface area contributed by atoms with E-state index in [-0.39, 0.29) is 11.5 Å². The summed E-state index contributed by atoms with van der Waals surface area (Å²) >= 11 is 0. The van der Waals surface area contributed by atoms with Crippen LogP contribution >= 0.6 is 0 Å². The van der Waals surface area contributed by atoms with E-state index in [1.807, 2.05) is 36.7 Å². The Bertz CT molecular complexity index is 850. The van der Waals surface area contributed by atoms with Crippen molar-refractivity contribution in [2.75, 3.05) is 14.2 Å². The minimum absolute atomic E-state index is 0.140. The molecular formula is C22H24N2O4. The fourth-order valence-corrected chi connectivity index (χ4v) is 2.94. The maximum absolute atomic E-state index is 9.66. The number of hydrogen-bond donors (Lipinski definition) is 2. The van der Waals surface area contributed by atoms with Gasteiger partial charge < -0.3 is 19.7 Å². The van der Waals surface area contributed by atoms with Gasteiger partial charge in [0.05, 0.1) is 25.6 Å². The molecule has 1 aromatic heterocycles. The molecule has 0 fully saturated rings. The summed E-state index contributed by atoms with van der Waals surface area (Å²) in [6.07, 6.45) is 6.72. The summed E-state index contributed by atoms with van der Waals surface area (Å²) in [6, 6.07) is 10.7. The summed E-state index contributed by atoms with van der Waals surface area (Å²) in [5.41, 5.74) is 3.98. The fourth-order valence-electron chi connectivity index (χ4n) is 2.94. The second kappa shape index (κ2) is 9.08. The van der Waals surface area contributed by atoms with Crippen LogP contribution in [0.2, 0.25) is 0 Å². The number of phenolic OH excluding ortho intramolecular Hbond substituents is 2. The largest absolute Gasteiger partial charge is 0.504 e. The molecule has 3 rings (SSSR count). The van der Waals surface area contributed by atoms with Crippen molar-refractivity contribution in [1.29, 1.82) is 0 Å². The summed E-state index contributed by atoms with van der Waals surface area (Å²) < 4.78 is 10.3. The summed E-state index contributed by atoms with van der Waals surface area (Å²) in [7, 11) is 3.08. The van der Waals surface area contributed by atoms with E-state index in [4.69, 9.17) is 9.47 Å². The first-order valence-corrected chi connectivity index (χ1v) is 9.10. The summed E-state index contributed by atoms with van der Waals surface area (Å²) in [6.45, 7) is 0. The number of phenols is 2. The number of benzene rings is 2. The van der Waals surface area contributed by atoms with E-state index in [1.54, 1.807) is 12.1 Å². The van der Waals surface area contributed by atoms with E-state index in [0.717, 1.165) is 48.2 Å². The van der Waals surface area contributed by atoms with Crippen LogP contribution in [0, 0.1) is 0 Å². The average molecular weight is 380 g/mol. The van der Waals surface area contributed by atoms with E-state index in [0.29, 0.717) is 11.5 Å². The van der Waals surface area contributed by atoms with Gasteiger partial charge in [-0.15, -0.1) is 0 Å². The van der Waals surface area contributed by atoms with Gasteiger partial charge in [-0.1, -0.05) is 12.1 Å². The molecule has 0 radical (unpaired) electrons. The molecule has 0 amide bonds. The normalized spacial score (nSPS) is 10.6. The number of methoxy groups -OCH3 is 2. The van der Waals surface area contributed by atoms with Gasteiger partial charge in [-0.05, 0) is 61.1 Å². The first-order chi connectivity index (χ1) is 13.6. The third-order valence-electron chi connectivity index (χ3n) is 4.59. The Kier molecular flexibility index (Phi) is 6.32. The molecule has 0 aliphatic carbocycles. The minimum Gasteiger partial charge on any atom is -0.504 e. The van der Waals surface area contributed by atoms with Crippen molar-refractivity contribution in [3.05, 3.63) is 71.3 Å². The Labute approximate surface area is 164 Å². The van der Waals surface area contributed by atoms with Crippen LogP contribution in [0.15, 0.2) is 48.8 Å². The zero-order chi connectivity index (χ0) is 19.9. The highest BCUT2D eigenvalue weighted by molar-refractivity contribution is 5.42. The smallest absolute Gasteiger partial charge is 0.160 e. The quantitative estimate of drug-likeness (QED) is 0.622. The van der Waals surface area contributed by atoms with Crippen molar-refractivity contribution in [2.45, 2.75) is 25.7 Å². The van der Waals surface area contributed by atoms with Crippen LogP contribution in [-0.2, 0) is 25.7 Å². The van der Waals surface area contributed by atoms with Gasteiger partial charge >= 0.3 is 0 Å². The molecule has 28 heavy (non-hydrogen) atoms. The van der Waals surface area contributed by atoms with Gasteiger partial charge in [0.25, 0.3) is 0 Å². The van der Waals surface area contributed by atoms with Gasteiger partial charge in [0.2, 0.25) is 0 Å². The molecule has 6 nitrogen and oxygen atoms in total. The number of aromatic nitrogens is 2. The van der Waals surface area contributed by atoms with Crippen LogP contribution in [0.5, 0.6) is 23.0 Å². The molecule has 146 valence electrons. The lowest BCUT2D eigenvalue weighted by molar-refractivity contribution is 0.373. The SMILES string of the molecule is COc1cc(CCc2cnc(CCc3ccc(O)c(OC)c3)cn2)ccc1O. The highest BCUT2D eigenvalue weighted by Gasteiger charge is 2.06. The Morgan fingerprint density at radius 2 is 1.11 bits per heavy atom. The fraction of sp³-hybridized carbons (Fsp3) is 0.273. The zero-order valence-electron chi connectivity index (χ0n) is 16.1. The van der Waals surface area contributed by atoms with Crippen molar-refractivity contribution in [1.82, 2.24) is 9.97 Å². The van der Waals surface area contributed by atoms with Crippen molar-refractivity contribution < 1.29 is 19.7 Å². The highest BCUT2D eigenvalue weighted by atomic mass is 16.5. The van der Waals surface area contributed by atoms with Gasteiger partial charge in [0.1, 0.15) is 0 Å². The molecule has 6 heteroatoms. The molecule has 0 atom stereocenters. The van der Waals surface area contributed by atoms with Crippen molar-refractivity contribution in [3.63, 3.8) is 0 Å². The van der Waals surface area contributed by atoms with Gasteiger partial charge in [-0.25, -0.2) is 0 Å². The second-order valence-corrected chi connectivity index (χ2v) is 6.51. The van der Waals surface area contributed by atoms with Crippen molar-refractivity contribution in [3.8, 4) is 23.0 Å². The highest BCUT2D eigenvalue weighted by Crippen LogP contribution is 2.27. The number of rotatable bonds is 8. The van der Waals surface area contributed by atoms with Crippen LogP contribution in [-0.4, -0.2) is 34.4 Å². The standard InChI is InChI=1S/C22H24N2O4/c1-27-21-11-15(5-9-19(21)25)3-7-17-13-24-18(14-23-17)8-4-16-6-10-20(26)22(12-16)28-2/h5-6,9-14,25-26H,3-4,7-8H2,1-2H3. The Hall–Kier alpha value is -3.28. The van der Waals surface area contributed by atoms with Gasteiger partial charge in [-0.2, -0.15) is 0 Å². The van der Waals surface area contributed by atoms with Crippen molar-refractivity contribution >= 4 is 0 Å². The summed E-state index contributed by atoms with van der Waals surface area (Å²) in [5, 5.41) is 19.3. The molecule has 0 saturated heterocycles. The monoisotopic (exact) mass is 380 g/mol. The maximum Gasteiger partial charge on any atom is 0.160 e. The Morgan fingerprint density at radius 3 is 1.46 bits per heavy atom. The molecule has 1 heterocycles. The molecule has 0 spiro atoms. The van der Waals surface area contributed by atoms with Gasteiger partial charge in [-0.3, -0.25) is 9.97 Å². The molecule has 0 aliphatic heterocycles. The zero-order valence-corrected chi connectivity index (χ0v) is 16.1. The number of nitrogens with zero attached hydrogens (tertiary/aromatic N) is 2. The van der Waals surface area contributed by atoms with Crippen LogP contribution < -0.4 is 9.47 Å². The van der Waals surface area contributed by atoms with Crippen LogP contribution in [0.3, 0.4) is 0 Å². The molecule has 2 N–H and O–H groups in total. The molecule has 3 aromatic rings. The third kappa shape index (κ3) is 4.91. The summed E-state index contributed by atoms with van der Waals surface area (Å²) in [4.78, 5) is 9.01. The number of aryl methyl sites for hydroxylation is 4. The first-order valence-electron chi connectivity index (χ1n) is 9.10. The number of hydrogen-bond acceptors (Lipinski definition) is 6. The predicted octanol–water partition coefficient (Wildman–Crippen LogP) is 3.48. The number of aromatic hydroxyl groups is 2. The first kappa shape index (κ1) is 19.5. The second-order valence-electron chi connectivity index (χ2n) is 6.51. The molecule has 0 bridgehead atoms. The van der Waals surface area contributed by atoms with Crippen LogP contribution in [0.25, 0.3) is 0 Å². The third-order valence-corrected chi connectivity index (χ3v) is 4.59. The van der Waals surface area contributed by atoms with Crippen molar-refractivity contribution in [2.24, 2.45) is 0 Å². The number of ether oxygens (including phenoxy) is 2. The van der Waals surface area contributed by atoms with E-state index in [1.165, 1.54) is 14.2 Å².